The zero-order chi connectivity index (χ0) is 18.6. The van der Waals surface area contributed by atoms with Crippen LogP contribution in [0.2, 0.25) is 0 Å². The highest BCUT2D eigenvalue weighted by molar-refractivity contribution is 7.90. The summed E-state index contributed by atoms with van der Waals surface area (Å²) in [5, 5.41) is 11.9. The van der Waals surface area contributed by atoms with Crippen LogP contribution in [-0.4, -0.2) is 31.3 Å². The van der Waals surface area contributed by atoms with Crippen LogP contribution in [0.15, 0.2) is 29.2 Å². The molecule has 0 aliphatic heterocycles. The third-order valence-corrected chi connectivity index (χ3v) is 5.58. The molecular weight excluding hydrogens is 348 g/mol. The Balaban J connectivity index is 2.09. The SMILES string of the molecule is CC(=O)NS(=O)(=O)c1ccc(NC(=O)[C@H]2CCCC[C@H]2C(=O)O)cc1. The molecule has 1 aliphatic carbocycles. The average Bonchev–Trinajstić information content (AvgIpc) is 2.54. The maximum absolute atomic E-state index is 12.4. The lowest BCUT2D eigenvalue weighted by Crippen LogP contribution is -2.36. The molecule has 0 aromatic heterocycles. The van der Waals surface area contributed by atoms with Crippen molar-refractivity contribution in [3.63, 3.8) is 0 Å². The Labute approximate surface area is 145 Å². The number of rotatable bonds is 5. The highest BCUT2D eigenvalue weighted by Crippen LogP contribution is 2.31. The van der Waals surface area contributed by atoms with Crippen molar-refractivity contribution in [2.45, 2.75) is 37.5 Å². The van der Waals surface area contributed by atoms with Gasteiger partial charge in [-0.2, -0.15) is 0 Å². The van der Waals surface area contributed by atoms with Crippen molar-refractivity contribution in [3.8, 4) is 0 Å². The highest BCUT2D eigenvalue weighted by Gasteiger charge is 2.35. The fourth-order valence-electron chi connectivity index (χ4n) is 2.94. The van der Waals surface area contributed by atoms with E-state index >= 15 is 0 Å². The van der Waals surface area contributed by atoms with Gasteiger partial charge in [0.25, 0.3) is 10.0 Å². The smallest absolute Gasteiger partial charge is 0.307 e. The van der Waals surface area contributed by atoms with Gasteiger partial charge in [-0.1, -0.05) is 12.8 Å². The molecule has 0 unspecified atom stereocenters. The number of carboxylic acids is 1. The molecule has 0 saturated heterocycles. The Hall–Kier alpha value is -2.42. The van der Waals surface area contributed by atoms with Gasteiger partial charge in [-0.05, 0) is 37.1 Å². The molecule has 0 heterocycles. The van der Waals surface area contributed by atoms with Crippen LogP contribution in [0.4, 0.5) is 5.69 Å². The van der Waals surface area contributed by atoms with E-state index in [1.165, 1.54) is 24.3 Å². The monoisotopic (exact) mass is 368 g/mol. The van der Waals surface area contributed by atoms with E-state index in [2.05, 4.69) is 5.32 Å². The number of nitrogens with one attached hydrogen (secondary N) is 2. The second kappa shape index (κ2) is 7.64. The van der Waals surface area contributed by atoms with Crippen LogP contribution in [0.5, 0.6) is 0 Å². The van der Waals surface area contributed by atoms with Crippen LogP contribution in [0.25, 0.3) is 0 Å². The number of hydrogen-bond donors (Lipinski definition) is 3. The lowest BCUT2D eigenvalue weighted by Gasteiger charge is -2.27. The number of carboxylic acid groups (broad SMARTS) is 1. The highest BCUT2D eigenvalue weighted by atomic mass is 32.2. The molecule has 3 N–H and O–H groups in total. The summed E-state index contributed by atoms with van der Waals surface area (Å²) < 4.78 is 25.6. The molecule has 1 saturated carbocycles. The minimum Gasteiger partial charge on any atom is -0.481 e. The summed E-state index contributed by atoms with van der Waals surface area (Å²) >= 11 is 0. The number of carbonyl (C=O) groups is 3. The number of hydrogen-bond acceptors (Lipinski definition) is 5. The normalized spacial score (nSPS) is 20.5. The van der Waals surface area contributed by atoms with E-state index in [4.69, 9.17) is 0 Å². The van der Waals surface area contributed by atoms with E-state index in [1.807, 2.05) is 4.72 Å². The molecule has 0 spiro atoms. The number of carbonyl (C=O) groups excluding carboxylic acids is 2. The number of sulfonamides is 1. The molecule has 1 fully saturated rings. The standard InChI is InChI=1S/C16H20N2O6S/c1-10(19)18-25(23,24)12-8-6-11(7-9-12)17-15(20)13-4-2-3-5-14(13)16(21)22/h6-9,13-14H,2-5H2,1H3,(H,17,20)(H,18,19)(H,21,22)/t13-,14+/m0/s1. The summed E-state index contributed by atoms with van der Waals surface area (Å²) in [6.07, 6.45) is 2.57. The van der Waals surface area contributed by atoms with E-state index in [0.717, 1.165) is 19.8 Å². The van der Waals surface area contributed by atoms with Crippen molar-refractivity contribution < 1.29 is 27.9 Å². The number of benzene rings is 1. The number of amides is 2. The Morgan fingerprint density at radius 2 is 1.60 bits per heavy atom. The van der Waals surface area contributed by atoms with Crippen molar-refractivity contribution in [3.05, 3.63) is 24.3 Å². The third kappa shape index (κ3) is 4.79. The van der Waals surface area contributed by atoms with E-state index in [1.54, 1.807) is 0 Å². The van der Waals surface area contributed by atoms with Crippen LogP contribution in [0, 0.1) is 11.8 Å². The van der Waals surface area contributed by atoms with Crippen LogP contribution in [0.3, 0.4) is 0 Å². The average molecular weight is 368 g/mol. The lowest BCUT2D eigenvalue weighted by molar-refractivity contribution is -0.147. The van der Waals surface area contributed by atoms with Crippen LogP contribution in [0.1, 0.15) is 32.6 Å². The largest absolute Gasteiger partial charge is 0.481 e. The van der Waals surface area contributed by atoms with Crippen molar-refractivity contribution >= 4 is 33.5 Å². The first-order chi connectivity index (χ1) is 11.7. The Morgan fingerprint density at radius 1 is 1.04 bits per heavy atom. The summed E-state index contributed by atoms with van der Waals surface area (Å²) in [6, 6.07) is 5.31. The molecule has 9 heteroatoms. The first-order valence-electron chi connectivity index (χ1n) is 7.88. The Kier molecular flexibility index (Phi) is 5.78. The van der Waals surface area contributed by atoms with E-state index in [0.29, 0.717) is 18.5 Å². The van der Waals surface area contributed by atoms with Crippen LogP contribution >= 0.6 is 0 Å². The first kappa shape index (κ1) is 18.9. The molecule has 0 bridgehead atoms. The minimum atomic E-state index is -3.94. The molecule has 2 rings (SSSR count). The van der Waals surface area contributed by atoms with Crippen molar-refractivity contribution in [2.24, 2.45) is 11.8 Å². The summed E-state index contributed by atoms with van der Waals surface area (Å²) in [7, 11) is -3.94. The van der Waals surface area contributed by atoms with Gasteiger partial charge in [0.2, 0.25) is 11.8 Å². The van der Waals surface area contributed by atoms with Gasteiger partial charge in [-0.15, -0.1) is 0 Å². The Morgan fingerprint density at radius 3 is 2.12 bits per heavy atom. The lowest BCUT2D eigenvalue weighted by atomic mass is 9.78. The fraction of sp³-hybridized carbons (Fsp3) is 0.438. The van der Waals surface area contributed by atoms with Crippen LogP contribution < -0.4 is 10.0 Å². The van der Waals surface area contributed by atoms with Crippen LogP contribution in [-0.2, 0) is 24.4 Å². The molecule has 25 heavy (non-hydrogen) atoms. The van der Waals surface area contributed by atoms with E-state index in [-0.39, 0.29) is 10.8 Å². The molecule has 8 nitrogen and oxygen atoms in total. The zero-order valence-corrected chi connectivity index (χ0v) is 14.5. The molecule has 136 valence electrons. The van der Waals surface area contributed by atoms with Crippen molar-refractivity contribution in [2.75, 3.05) is 5.32 Å². The van der Waals surface area contributed by atoms with Gasteiger partial charge in [0, 0.05) is 12.6 Å². The van der Waals surface area contributed by atoms with Crippen molar-refractivity contribution in [1.82, 2.24) is 4.72 Å². The van der Waals surface area contributed by atoms with Gasteiger partial charge in [-0.3, -0.25) is 14.4 Å². The molecule has 1 aliphatic rings. The predicted molar refractivity (Wildman–Crippen MR) is 89.2 cm³/mol. The second-order valence-corrected chi connectivity index (χ2v) is 7.69. The molecule has 1 aromatic rings. The minimum absolute atomic E-state index is 0.109. The van der Waals surface area contributed by atoms with Gasteiger partial charge >= 0.3 is 5.97 Å². The van der Waals surface area contributed by atoms with E-state index in [9.17, 15) is 27.9 Å². The number of aliphatic carboxylic acids is 1. The second-order valence-electron chi connectivity index (χ2n) is 6.01. The fourth-order valence-corrected chi connectivity index (χ4v) is 3.93. The molecular formula is C16H20N2O6S. The summed E-state index contributed by atoms with van der Waals surface area (Å²) in [5.41, 5.74) is 0.362. The zero-order valence-electron chi connectivity index (χ0n) is 13.7. The third-order valence-electron chi connectivity index (χ3n) is 4.13. The quantitative estimate of drug-likeness (QED) is 0.719. The molecule has 0 radical (unpaired) electrons. The molecule has 2 amide bonds. The summed E-state index contributed by atoms with van der Waals surface area (Å²) in [5.74, 6) is -3.36. The van der Waals surface area contributed by atoms with Gasteiger partial charge in [0.15, 0.2) is 0 Å². The first-order valence-corrected chi connectivity index (χ1v) is 9.36. The predicted octanol–water partition coefficient (Wildman–Crippen LogP) is 1.34. The molecule has 2 atom stereocenters. The number of anilines is 1. The van der Waals surface area contributed by atoms with E-state index < -0.39 is 33.7 Å². The van der Waals surface area contributed by atoms with Gasteiger partial charge < -0.3 is 10.4 Å². The summed E-state index contributed by atoms with van der Waals surface area (Å²) in [6.45, 7) is 1.09. The van der Waals surface area contributed by atoms with Gasteiger partial charge in [-0.25, -0.2) is 13.1 Å². The van der Waals surface area contributed by atoms with Crippen molar-refractivity contribution in [1.29, 1.82) is 0 Å². The summed E-state index contributed by atoms with van der Waals surface area (Å²) in [4.78, 5) is 34.4. The topological polar surface area (TPSA) is 130 Å². The Bertz CT molecular complexity index is 772. The maximum atomic E-state index is 12.4. The molecule has 1 aromatic carbocycles. The van der Waals surface area contributed by atoms with Gasteiger partial charge in [0.1, 0.15) is 0 Å². The maximum Gasteiger partial charge on any atom is 0.307 e. The van der Waals surface area contributed by atoms with Gasteiger partial charge in [0.05, 0.1) is 16.7 Å².